The third-order valence-corrected chi connectivity index (χ3v) is 12.8. The maximum atomic E-state index is 13.5. The van der Waals surface area contributed by atoms with Crippen LogP contribution in [0.15, 0.2) is 85.1 Å². The maximum Gasteiger partial charge on any atom is 0.306 e. The minimum atomic E-state index is -4.71. The van der Waals surface area contributed by atoms with Crippen LogP contribution in [0.4, 0.5) is 0 Å². The summed E-state index contributed by atoms with van der Waals surface area (Å²) in [5.74, 6) is -0.596. The number of nitrogens with one attached hydrogen (secondary N) is 1. The smallest absolute Gasteiger partial charge is 0.306 e. The molecule has 0 aromatic carbocycles. The normalized spacial score (nSPS) is 14.5. The Morgan fingerprint density at radius 3 is 1.52 bits per heavy atom. The van der Waals surface area contributed by atoms with Crippen LogP contribution in [0.1, 0.15) is 226 Å². The van der Waals surface area contributed by atoms with E-state index in [1.165, 1.54) is 70.6 Å². The number of rotatable bonds is 49. The number of amides is 1. The van der Waals surface area contributed by atoms with Gasteiger partial charge >= 0.3 is 5.97 Å². The molecule has 3 atom stereocenters. The second-order valence-corrected chi connectivity index (χ2v) is 21.1. The molecule has 1 amide bonds. The number of esters is 1. The van der Waals surface area contributed by atoms with Gasteiger partial charge in [-0.2, -0.15) is 0 Å². The van der Waals surface area contributed by atoms with Gasteiger partial charge in [0.15, 0.2) is 0 Å². The first-order valence-corrected chi connectivity index (χ1v) is 29.4. The summed E-state index contributed by atoms with van der Waals surface area (Å²) in [4.78, 5) is 39.8. The van der Waals surface area contributed by atoms with Gasteiger partial charge in [-0.25, -0.2) is 0 Å². The van der Waals surface area contributed by atoms with Crippen LogP contribution in [-0.4, -0.2) is 69.4 Å². The number of carbonyl (C=O) groups excluding carboxylic acids is 2. The molecule has 0 aliphatic rings. The number of nitrogens with zero attached hydrogens (tertiary/aromatic N) is 1. The fourth-order valence-corrected chi connectivity index (χ4v) is 8.22. The van der Waals surface area contributed by atoms with E-state index in [1.807, 2.05) is 33.3 Å². The van der Waals surface area contributed by atoms with Crippen LogP contribution in [0.5, 0.6) is 0 Å². The van der Waals surface area contributed by atoms with E-state index in [0.29, 0.717) is 23.9 Å². The Hall–Kier alpha value is -2.81. The van der Waals surface area contributed by atoms with Gasteiger partial charge in [0.1, 0.15) is 19.3 Å². The molecule has 0 saturated heterocycles. The number of unbranched alkanes of at least 4 members (excludes halogenated alkanes) is 22. The Kier molecular flexibility index (Phi) is 46.8. The number of allylic oxidation sites excluding steroid dienone is 13. The van der Waals surface area contributed by atoms with E-state index in [0.717, 1.165) is 109 Å². The van der Waals surface area contributed by atoms with Gasteiger partial charge in [0.05, 0.1) is 33.8 Å². The van der Waals surface area contributed by atoms with E-state index >= 15 is 0 Å². The molecule has 0 radical (unpaired) electrons. The molecule has 0 rings (SSSR count). The average molecular weight is 985 g/mol. The summed E-state index contributed by atoms with van der Waals surface area (Å²) in [7, 11) is 1.14. The largest absolute Gasteiger partial charge is 0.756 e. The van der Waals surface area contributed by atoms with Gasteiger partial charge in [0.25, 0.3) is 7.82 Å². The molecule has 398 valence electrons. The molecule has 10 heteroatoms. The predicted molar refractivity (Wildman–Crippen MR) is 293 cm³/mol. The standard InChI is InChI=1S/C59H105N2O7P/c1-7-10-13-16-19-22-25-28-30-32-33-36-39-42-45-48-51-58(62)60-56(55-67-69(64,65)66-54-53-61(4,5)6)57(50-47-44-41-38-35-27-24-21-18-15-12-9-3)68-59(63)52-49-46-43-40-37-34-31-29-26-23-20-17-14-11-8-2/h10,13,19-20,22-23,26,28-30,33,36,47,50,56-57H,7-9,11-12,14-18,21,24-25,27,31-32,34-35,37-46,48-49,51-55H2,1-6H3,(H-,60,62,64,65)/b13-10+,22-19+,23-20+,29-26+,30-28+,36-33+,50-47+. The van der Waals surface area contributed by atoms with Crippen molar-refractivity contribution in [2.75, 3.05) is 40.9 Å². The zero-order valence-corrected chi connectivity index (χ0v) is 46.1. The molecule has 0 aromatic heterocycles. The number of hydrogen-bond acceptors (Lipinski definition) is 7. The molecule has 0 fully saturated rings. The van der Waals surface area contributed by atoms with E-state index in [9.17, 15) is 19.0 Å². The van der Waals surface area contributed by atoms with Crippen molar-refractivity contribution in [1.29, 1.82) is 0 Å². The number of hydrogen-bond donors (Lipinski definition) is 1. The van der Waals surface area contributed by atoms with E-state index in [4.69, 9.17) is 13.8 Å². The lowest BCUT2D eigenvalue weighted by Crippen LogP contribution is -2.47. The van der Waals surface area contributed by atoms with Gasteiger partial charge < -0.3 is 28.5 Å². The zero-order valence-electron chi connectivity index (χ0n) is 45.2. The molecule has 0 heterocycles. The Morgan fingerprint density at radius 1 is 0.536 bits per heavy atom. The van der Waals surface area contributed by atoms with Crippen molar-refractivity contribution in [2.24, 2.45) is 0 Å². The Labute approximate surface area is 425 Å². The second-order valence-electron chi connectivity index (χ2n) is 19.7. The number of quaternary nitrogens is 1. The van der Waals surface area contributed by atoms with Gasteiger partial charge in [-0.05, 0) is 96.0 Å². The maximum absolute atomic E-state index is 13.5. The van der Waals surface area contributed by atoms with Crippen LogP contribution in [-0.2, 0) is 27.9 Å². The third kappa shape index (κ3) is 49.9. The molecule has 0 aliphatic heterocycles. The number of carbonyl (C=O) groups is 2. The summed E-state index contributed by atoms with van der Waals surface area (Å²) >= 11 is 0. The van der Waals surface area contributed by atoms with Crippen molar-refractivity contribution in [2.45, 2.75) is 238 Å². The van der Waals surface area contributed by atoms with Crippen LogP contribution in [0, 0.1) is 0 Å². The Balaban J connectivity index is 5.46. The van der Waals surface area contributed by atoms with Gasteiger partial charge in [-0.1, -0.05) is 202 Å². The SMILES string of the molecule is CC/C=C/C/C=C/C/C=C/C/C=C/CCCCCC(=O)NC(COP(=O)([O-])OCC[N+](C)(C)C)C(/C=C/CCCCCCCCCCCC)OC(=O)CCCCCCCC/C=C/C=C/CCCCC. The quantitative estimate of drug-likeness (QED) is 0.0161. The molecule has 0 aliphatic carbocycles. The zero-order chi connectivity index (χ0) is 50.8. The number of phosphoric ester groups is 1. The highest BCUT2D eigenvalue weighted by Gasteiger charge is 2.27. The highest BCUT2D eigenvalue weighted by Crippen LogP contribution is 2.38. The fraction of sp³-hybridized carbons (Fsp3) is 0.729. The lowest BCUT2D eigenvalue weighted by Gasteiger charge is -2.30. The minimum Gasteiger partial charge on any atom is -0.756 e. The summed E-state index contributed by atoms with van der Waals surface area (Å²) in [5, 5.41) is 2.99. The van der Waals surface area contributed by atoms with Crippen molar-refractivity contribution in [3.8, 4) is 0 Å². The van der Waals surface area contributed by atoms with Crippen LogP contribution in [0.25, 0.3) is 0 Å². The second kappa shape index (κ2) is 48.8. The molecule has 3 unspecified atom stereocenters. The van der Waals surface area contributed by atoms with Crippen LogP contribution in [0.3, 0.4) is 0 Å². The van der Waals surface area contributed by atoms with Gasteiger partial charge in [0.2, 0.25) is 5.91 Å². The molecule has 0 saturated carbocycles. The van der Waals surface area contributed by atoms with E-state index in [1.54, 1.807) is 0 Å². The van der Waals surface area contributed by atoms with Crippen molar-refractivity contribution >= 4 is 19.7 Å². The Morgan fingerprint density at radius 2 is 0.971 bits per heavy atom. The van der Waals surface area contributed by atoms with E-state index in [2.05, 4.69) is 99.0 Å². The summed E-state index contributed by atoms with van der Waals surface area (Å²) in [6.45, 7) is 6.64. The minimum absolute atomic E-state index is 0.0344. The molecule has 1 N–H and O–H groups in total. The molecule has 0 aromatic rings. The summed E-state index contributed by atoms with van der Waals surface area (Å²) in [6, 6.07) is -0.912. The van der Waals surface area contributed by atoms with Crippen molar-refractivity contribution in [3.05, 3.63) is 85.1 Å². The topological polar surface area (TPSA) is 114 Å². The first-order chi connectivity index (χ1) is 33.4. The molecular weight excluding hydrogens is 880 g/mol. The van der Waals surface area contributed by atoms with Crippen LogP contribution < -0.4 is 10.2 Å². The molecule has 9 nitrogen and oxygen atoms in total. The van der Waals surface area contributed by atoms with Crippen molar-refractivity contribution in [1.82, 2.24) is 5.32 Å². The van der Waals surface area contributed by atoms with Crippen LogP contribution in [0.2, 0.25) is 0 Å². The Bertz CT molecular complexity index is 1460. The summed E-state index contributed by atoms with van der Waals surface area (Å²) in [5.41, 5.74) is 0. The van der Waals surface area contributed by atoms with Crippen molar-refractivity contribution in [3.63, 3.8) is 0 Å². The number of phosphoric acid groups is 1. The molecule has 0 spiro atoms. The molecular formula is C59H105N2O7P. The lowest BCUT2D eigenvalue weighted by molar-refractivity contribution is -0.870. The monoisotopic (exact) mass is 985 g/mol. The average Bonchev–Trinajstić information content (AvgIpc) is 3.31. The third-order valence-electron chi connectivity index (χ3n) is 11.8. The highest BCUT2D eigenvalue weighted by molar-refractivity contribution is 7.45. The first-order valence-electron chi connectivity index (χ1n) is 27.9. The van der Waals surface area contributed by atoms with Gasteiger partial charge in [-0.3, -0.25) is 14.2 Å². The number of ether oxygens (including phenoxy) is 1. The summed E-state index contributed by atoms with van der Waals surface area (Å²) in [6.07, 6.45) is 62.6. The molecule has 69 heavy (non-hydrogen) atoms. The lowest BCUT2D eigenvalue weighted by atomic mass is 10.0. The van der Waals surface area contributed by atoms with E-state index < -0.39 is 26.6 Å². The first kappa shape index (κ1) is 66.2. The van der Waals surface area contributed by atoms with Gasteiger partial charge in [-0.15, -0.1) is 0 Å². The van der Waals surface area contributed by atoms with Crippen LogP contribution >= 0.6 is 7.82 Å². The fourth-order valence-electron chi connectivity index (χ4n) is 7.50. The summed E-state index contributed by atoms with van der Waals surface area (Å²) < 4.78 is 30.2. The number of likely N-dealkylation sites (N-methyl/N-ethyl adjacent to an activating group) is 1. The highest BCUT2D eigenvalue weighted by atomic mass is 31.2. The molecule has 0 bridgehead atoms. The predicted octanol–water partition coefficient (Wildman–Crippen LogP) is 16.0. The van der Waals surface area contributed by atoms with Gasteiger partial charge in [0, 0.05) is 12.8 Å². The van der Waals surface area contributed by atoms with Crippen molar-refractivity contribution < 1.29 is 37.3 Å². The van der Waals surface area contributed by atoms with E-state index in [-0.39, 0.29) is 31.3 Å².